The molecular weight excluding hydrogens is 226 g/mol. The van der Waals surface area contributed by atoms with Crippen molar-refractivity contribution in [3.63, 3.8) is 0 Å². The highest BCUT2D eigenvalue weighted by Gasteiger charge is 2.26. The first-order valence-corrected chi connectivity index (χ1v) is 6.15. The van der Waals surface area contributed by atoms with Gasteiger partial charge >= 0.3 is 0 Å². The van der Waals surface area contributed by atoms with Gasteiger partial charge in [-0.2, -0.15) is 4.98 Å². The standard InChI is InChI=1S/C14H19N3O/c1-5-14(4,15)13-16-12(18-17-13)11-9(2)7-6-8-10(11)3/h6-8H,5,15H2,1-4H3. The molecule has 2 aromatic rings. The molecule has 0 aliphatic rings. The van der Waals surface area contributed by atoms with Crippen LogP contribution in [-0.4, -0.2) is 10.1 Å². The Morgan fingerprint density at radius 1 is 1.28 bits per heavy atom. The summed E-state index contributed by atoms with van der Waals surface area (Å²) in [5.74, 6) is 1.10. The van der Waals surface area contributed by atoms with E-state index in [4.69, 9.17) is 10.3 Å². The van der Waals surface area contributed by atoms with Crippen LogP contribution in [0.1, 0.15) is 37.2 Å². The molecule has 4 nitrogen and oxygen atoms in total. The number of nitrogens with zero attached hydrogens (tertiary/aromatic N) is 2. The van der Waals surface area contributed by atoms with Crippen molar-refractivity contribution in [2.24, 2.45) is 5.73 Å². The van der Waals surface area contributed by atoms with Gasteiger partial charge in [0, 0.05) is 5.56 Å². The van der Waals surface area contributed by atoms with E-state index >= 15 is 0 Å². The highest BCUT2D eigenvalue weighted by Crippen LogP contribution is 2.27. The highest BCUT2D eigenvalue weighted by molar-refractivity contribution is 5.62. The van der Waals surface area contributed by atoms with Gasteiger partial charge in [0.1, 0.15) is 0 Å². The largest absolute Gasteiger partial charge is 0.334 e. The van der Waals surface area contributed by atoms with E-state index < -0.39 is 5.54 Å². The lowest BCUT2D eigenvalue weighted by molar-refractivity contribution is 0.378. The van der Waals surface area contributed by atoms with Crippen LogP contribution in [-0.2, 0) is 5.54 Å². The van der Waals surface area contributed by atoms with E-state index in [-0.39, 0.29) is 0 Å². The Hall–Kier alpha value is -1.68. The Morgan fingerprint density at radius 3 is 2.44 bits per heavy atom. The van der Waals surface area contributed by atoms with Crippen molar-refractivity contribution in [3.05, 3.63) is 35.2 Å². The molecule has 0 bridgehead atoms. The molecule has 1 atom stereocenters. The van der Waals surface area contributed by atoms with Crippen molar-refractivity contribution in [3.8, 4) is 11.5 Å². The second-order valence-corrected chi connectivity index (χ2v) is 4.96. The van der Waals surface area contributed by atoms with Crippen LogP contribution in [0.2, 0.25) is 0 Å². The van der Waals surface area contributed by atoms with Crippen molar-refractivity contribution in [1.29, 1.82) is 0 Å². The van der Waals surface area contributed by atoms with Gasteiger partial charge in [0.05, 0.1) is 5.54 Å². The van der Waals surface area contributed by atoms with Crippen LogP contribution in [0.4, 0.5) is 0 Å². The molecule has 0 aliphatic carbocycles. The third-order valence-corrected chi connectivity index (χ3v) is 3.37. The summed E-state index contributed by atoms with van der Waals surface area (Å²) in [4.78, 5) is 4.44. The third kappa shape index (κ3) is 2.16. The Labute approximate surface area is 107 Å². The van der Waals surface area contributed by atoms with Gasteiger partial charge in [-0.25, -0.2) is 0 Å². The van der Waals surface area contributed by atoms with Crippen molar-refractivity contribution < 1.29 is 4.52 Å². The number of aryl methyl sites for hydroxylation is 2. The quantitative estimate of drug-likeness (QED) is 0.903. The lowest BCUT2D eigenvalue weighted by atomic mass is 9.99. The predicted molar refractivity (Wildman–Crippen MR) is 71.0 cm³/mol. The fraction of sp³-hybridized carbons (Fsp3) is 0.429. The zero-order valence-corrected chi connectivity index (χ0v) is 11.3. The molecular formula is C14H19N3O. The summed E-state index contributed by atoms with van der Waals surface area (Å²) in [6.45, 7) is 7.99. The van der Waals surface area contributed by atoms with Crippen LogP contribution in [0, 0.1) is 13.8 Å². The van der Waals surface area contributed by atoms with Crippen LogP contribution in [0.5, 0.6) is 0 Å². The van der Waals surface area contributed by atoms with Gasteiger partial charge < -0.3 is 10.3 Å². The van der Waals surface area contributed by atoms with E-state index in [1.165, 1.54) is 0 Å². The summed E-state index contributed by atoms with van der Waals surface area (Å²) in [6, 6.07) is 6.09. The molecule has 2 N–H and O–H groups in total. The third-order valence-electron chi connectivity index (χ3n) is 3.37. The SMILES string of the molecule is CCC(C)(N)c1noc(-c2c(C)cccc2C)n1. The lowest BCUT2D eigenvalue weighted by Crippen LogP contribution is -2.33. The fourth-order valence-electron chi connectivity index (χ4n) is 1.87. The first kappa shape index (κ1) is 12.8. The second-order valence-electron chi connectivity index (χ2n) is 4.96. The second kappa shape index (κ2) is 4.53. The van der Waals surface area contributed by atoms with Gasteiger partial charge in [0.2, 0.25) is 0 Å². The highest BCUT2D eigenvalue weighted by atomic mass is 16.5. The zero-order chi connectivity index (χ0) is 13.3. The molecule has 1 heterocycles. The molecule has 0 fully saturated rings. The van der Waals surface area contributed by atoms with Gasteiger partial charge in [-0.1, -0.05) is 30.3 Å². The normalized spacial score (nSPS) is 14.5. The molecule has 0 amide bonds. The first-order valence-electron chi connectivity index (χ1n) is 6.15. The van der Waals surface area contributed by atoms with Crippen molar-refractivity contribution in [1.82, 2.24) is 10.1 Å². The maximum absolute atomic E-state index is 6.12. The van der Waals surface area contributed by atoms with Crippen molar-refractivity contribution in [2.45, 2.75) is 39.7 Å². The number of nitrogens with two attached hydrogens (primary N) is 1. The number of hydrogen-bond acceptors (Lipinski definition) is 4. The van der Waals surface area contributed by atoms with Crippen LogP contribution in [0.3, 0.4) is 0 Å². The topological polar surface area (TPSA) is 64.9 Å². The molecule has 1 unspecified atom stereocenters. The lowest BCUT2D eigenvalue weighted by Gasteiger charge is -2.16. The molecule has 4 heteroatoms. The molecule has 0 radical (unpaired) electrons. The van der Waals surface area contributed by atoms with E-state index in [9.17, 15) is 0 Å². The molecule has 18 heavy (non-hydrogen) atoms. The van der Waals surface area contributed by atoms with Gasteiger partial charge in [0.15, 0.2) is 5.82 Å². The first-order chi connectivity index (χ1) is 8.45. The Bertz CT molecular complexity index is 538. The number of aromatic nitrogens is 2. The van der Waals surface area contributed by atoms with Crippen molar-refractivity contribution in [2.75, 3.05) is 0 Å². The smallest absolute Gasteiger partial charge is 0.258 e. The van der Waals surface area contributed by atoms with Crippen LogP contribution in [0.15, 0.2) is 22.7 Å². The van der Waals surface area contributed by atoms with Crippen LogP contribution >= 0.6 is 0 Å². The van der Waals surface area contributed by atoms with E-state index in [0.29, 0.717) is 11.7 Å². The van der Waals surface area contributed by atoms with Crippen LogP contribution in [0.25, 0.3) is 11.5 Å². The predicted octanol–water partition coefficient (Wildman–Crippen LogP) is 2.94. The maximum atomic E-state index is 6.12. The minimum atomic E-state index is -0.543. The Kier molecular flexibility index (Phi) is 3.22. The molecule has 0 spiro atoms. The monoisotopic (exact) mass is 245 g/mol. The number of rotatable bonds is 3. The molecule has 2 rings (SSSR count). The summed E-state index contributed by atoms with van der Waals surface area (Å²) in [5.41, 5.74) is 8.83. The van der Waals surface area contributed by atoms with E-state index in [1.807, 2.05) is 45.9 Å². The van der Waals surface area contributed by atoms with Gasteiger partial charge in [-0.3, -0.25) is 0 Å². The van der Waals surface area contributed by atoms with Crippen molar-refractivity contribution >= 4 is 0 Å². The maximum Gasteiger partial charge on any atom is 0.258 e. The molecule has 0 aliphatic heterocycles. The Balaban J connectivity index is 2.48. The molecule has 96 valence electrons. The molecule has 0 saturated heterocycles. The van der Waals surface area contributed by atoms with Gasteiger partial charge in [-0.15, -0.1) is 0 Å². The number of hydrogen-bond donors (Lipinski definition) is 1. The van der Waals surface area contributed by atoms with E-state index in [0.717, 1.165) is 23.1 Å². The summed E-state index contributed by atoms with van der Waals surface area (Å²) in [7, 11) is 0. The van der Waals surface area contributed by atoms with Gasteiger partial charge in [-0.05, 0) is 38.3 Å². The minimum Gasteiger partial charge on any atom is -0.334 e. The summed E-state index contributed by atoms with van der Waals surface area (Å²) in [5, 5.41) is 4.01. The van der Waals surface area contributed by atoms with E-state index in [2.05, 4.69) is 10.1 Å². The Morgan fingerprint density at radius 2 is 1.89 bits per heavy atom. The minimum absolute atomic E-state index is 0.543. The fourth-order valence-corrected chi connectivity index (χ4v) is 1.87. The zero-order valence-electron chi connectivity index (χ0n) is 11.3. The summed E-state index contributed by atoms with van der Waals surface area (Å²) < 4.78 is 5.36. The average Bonchev–Trinajstić information content (AvgIpc) is 2.79. The molecule has 1 aromatic carbocycles. The number of benzene rings is 1. The molecule has 1 aromatic heterocycles. The van der Waals surface area contributed by atoms with Crippen LogP contribution < -0.4 is 5.73 Å². The molecule has 0 saturated carbocycles. The summed E-state index contributed by atoms with van der Waals surface area (Å²) in [6.07, 6.45) is 0.763. The van der Waals surface area contributed by atoms with E-state index in [1.54, 1.807) is 0 Å². The summed E-state index contributed by atoms with van der Waals surface area (Å²) >= 11 is 0. The average molecular weight is 245 g/mol. The van der Waals surface area contributed by atoms with Gasteiger partial charge in [0.25, 0.3) is 5.89 Å².